The van der Waals surface area contributed by atoms with Crippen molar-refractivity contribution in [2.75, 3.05) is 67.1 Å². The maximum absolute atomic E-state index is 13.0. The van der Waals surface area contributed by atoms with Crippen molar-refractivity contribution in [3.8, 4) is 0 Å². The van der Waals surface area contributed by atoms with E-state index in [9.17, 15) is 19.2 Å². The number of amides is 1. The number of hydrogen-bond acceptors (Lipinski definition) is 22. The number of nitrogens with two attached hydrogens (primary N) is 6. The molecule has 89 heavy (non-hydrogen) atoms. The molecule has 0 unspecified atom stereocenters. The fourth-order valence-electron chi connectivity index (χ4n) is 12.4. The third kappa shape index (κ3) is 18.8. The number of nitrogens with zero attached hydrogens (tertiary/aromatic N) is 8. The number of halogens is 3. The van der Waals surface area contributed by atoms with E-state index in [0.717, 1.165) is 108 Å². The minimum absolute atomic E-state index is 0.00749. The zero-order chi connectivity index (χ0) is 65.7. The maximum atomic E-state index is 13.0. The Kier molecular flexibility index (Phi) is 24.4. The summed E-state index contributed by atoms with van der Waals surface area (Å²) < 4.78 is 28.6. The summed E-state index contributed by atoms with van der Waals surface area (Å²) in [5.74, 6) is 1.88. The third-order valence-electron chi connectivity index (χ3n) is 18.6. The van der Waals surface area contributed by atoms with Crippen molar-refractivity contribution in [2.45, 2.75) is 224 Å². The van der Waals surface area contributed by atoms with Gasteiger partial charge in [-0.25, -0.2) is 43.6 Å². The van der Waals surface area contributed by atoms with E-state index >= 15 is 0 Å². The highest BCUT2D eigenvalue weighted by atomic mass is 35.5. The van der Waals surface area contributed by atoms with Crippen LogP contribution in [0.1, 0.15) is 139 Å². The van der Waals surface area contributed by atoms with E-state index in [1.54, 1.807) is 30.7 Å². The lowest BCUT2D eigenvalue weighted by atomic mass is 9.74. The number of piperidine rings is 3. The molecule has 6 aliphatic rings. The summed E-state index contributed by atoms with van der Waals surface area (Å²) in [6.07, 6.45) is 16.8. The van der Waals surface area contributed by atoms with Crippen LogP contribution in [0, 0.1) is 16.2 Å². The van der Waals surface area contributed by atoms with Crippen LogP contribution in [-0.4, -0.2) is 150 Å². The first-order chi connectivity index (χ1) is 41.4. The van der Waals surface area contributed by atoms with Crippen LogP contribution < -0.4 is 49.3 Å². The normalized spacial score (nSPS) is 24.3. The summed E-state index contributed by atoms with van der Waals surface area (Å²) in [7, 11) is -3.04. The molecule has 3 saturated carbocycles. The standard InChI is InChI=1S/C24H48N2O4SSi.C18H24ClN7OS.C9H7Cl2N5S.C9H18N2O/c1-21(2,3)29-20(27)26-14-12-24(13-15-26)17-18(30-32(10,11)23(7,8)9)16-19(24)25-31(28)22(4,5)6;19-14-11(1-4-23-15(14)21)28-17-16(22)25-13(9-24-17)26-5-2-18(3-6-26)8-10(27)7-12(18)20;10-5-3-15-9(8(13)16-5)17-4-1-2-14-7(12)6(4)11;10-8-5-7(12)6-9(8)1-3-11-4-2-9/h18-19,25H,12-17H2,1-11H3;1,4,9-10,12,27H,2-3,5-8,20H2,(H2,21,23)(H2,22,25);1-3H,(H2,12,14)(H2,13,16);7-8,11-12H,1-6,10H2/t18-,19+,31+;10-,12+;;7-,8+/m00.0/s1. The van der Waals surface area contributed by atoms with Crippen molar-refractivity contribution in [1.82, 2.24) is 44.8 Å². The van der Waals surface area contributed by atoms with Gasteiger partial charge in [0.05, 0.1) is 50.4 Å². The first-order valence-electron chi connectivity index (χ1n) is 30.7. The zero-order valence-corrected chi connectivity index (χ0v) is 59.3. The molecule has 7 heterocycles. The summed E-state index contributed by atoms with van der Waals surface area (Å²) >= 11 is 20.4. The quantitative estimate of drug-likeness (QED) is 0.0696. The minimum atomic E-state index is -1.90. The van der Waals surface area contributed by atoms with Crippen LogP contribution in [0.15, 0.2) is 56.8 Å². The van der Waals surface area contributed by atoms with Crippen molar-refractivity contribution >= 4 is 113 Å². The Bertz CT molecular complexity index is 3070. The van der Waals surface area contributed by atoms with E-state index in [1.165, 1.54) is 29.7 Å². The lowest BCUT2D eigenvalue weighted by molar-refractivity contribution is 0.00704. The van der Waals surface area contributed by atoms with Crippen LogP contribution in [0.5, 0.6) is 0 Å². The van der Waals surface area contributed by atoms with Crippen LogP contribution in [0.2, 0.25) is 33.3 Å². The van der Waals surface area contributed by atoms with Gasteiger partial charge in [0.1, 0.15) is 38.3 Å². The van der Waals surface area contributed by atoms with E-state index in [1.807, 2.05) is 46.4 Å². The number of aliphatic hydroxyl groups is 2. The van der Waals surface area contributed by atoms with Crippen molar-refractivity contribution < 1.29 is 28.4 Å². The molecule has 3 spiro atoms. The molecule has 16 N–H and O–H groups in total. The van der Waals surface area contributed by atoms with Crippen LogP contribution in [0.3, 0.4) is 0 Å². The molecule has 496 valence electrons. The highest BCUT2D eigenvalue weighted by molar-refractivity contribution is 7.99. The second kappa shape index (κ2) is 29.8. The van der Waals surface area contributed by atoms with E-state index in [0.29, 0.717) is 50.3 Å². The topological polar surface area (TPSA) is 357 Å². The number of likely N-dealkylation sites (tertiary alicyclic amines) is 1. The molecular weight excluding hydrogens is 1270 g/mol. The van der Waals surface area contributed by atoms with Gasteiger partial charge < -0.3 is 68.9 Å². The number of rotatable bonds is 9. The van der Waals surface area contributed by atoms with Gasteiger partial charge in [0.2, 0.25) is 0 Å². The molecule has 3 saturated heterocycles. The van der Waals surface area contributed by atoms with Gasteiger partial charge in [-0.3, -0.25) is 0 Å². The Labute approximate surface area is 553 Å². The fourth-order valence-corrected chi connectivity index (χ4v) is 16.9. The monoisotopic (exact) mass is 1370 g/mol. The molecule has 6 fully saturated rings. The first-order valence-corrected chi connectivity index (χ1v) is 37.5. The number of nitrogen functional groups attached to an aromatic ring is 4. The van der Waals surface area contributed by atoms with Crippen molar-refractivity contribution in [3.05, 3.63) is 52.1 Å². The van der Waals surface area contributed by atoms with Gasteiger partial charge in [-0.2, -0.15) is 0 Å². The van der Waals surface area contributed by atoms with Crippen LogP contribution in [0.4, 0.5) is 33.9 Å². The van der Waals surface area contributed by atoms with Crippen molar-refractivity contribution in [3.63, 3.8) is 0 Å². The molecule has 1 amide bonds. The molecule has 4 aromatic rings. The first kappa shape index (κ1) is 72.8. The predicted octanol–water partition coefficient (Wildman–Crippen LogP) is 9.85. The molecule has 7 atom stereocenters. The van der Waals surface area contributed by atoms with Gasteiger partial charge in [0, 0.05) is 72.6 Å². The van der Waals surface area contributed by atoms with Gasteiger partial charge in [-0.15, -0.1) is 0 Å². The summed E-state index contributed by atoms with van der Waals surface area (Å²) in [6, 6.07) is 3.91. The van der Waals surface area contributed by atoms with Gasteiger partial charge in [-0.05, 0) is 178 Å². The number of ether oxygens (including phenoxy) is 1. The number of nitrogens with one attached hydrogen (secondary N) is 2. The molecule has 29 heteroatoms. The smallest absolute Gasteiger partial charge is 0.410 e. The Morgan fingerprint density at radius 1 is 0.697 bits per heavy atom. The average molecular weight is 1370 g/mol. The third-order valence-corrected chi connectivity index (χ3v) is 28.1. The molecular formula is C60H97Cl3N16O6S3Si. The number of aromatic nitrogens is 6. The summed E-state index contributed by atoms with van der Waals surface area (Å²) in [6.45, 7) is 28.3. The minimum Gasteiger partial charge on any atom is -0.444 e. The van der Waals surface area contributed by atoms with Crippen molar-refractivity contribution in [1.29, 1.82) is 0 Å². The Hall–Kier alpha value is -3.61. The Morgan fingerprint density at radius 2 is 1.18 bits per heavy atom. The number of pyridine rings is 2. The Morgan fingerprint density at radius 3 is 1.63 bits per heavy atom. The highest BCUT2D eigenvalue weighted by Crippen LogP contribution is 2.51. The molecule has 3 aliphatic carbocycles. The summed E-state index contributed by atoms with van der Waals surface area (Å²) in [4.78, 5) is 42.8. The zero-order valence-electron chi connectivity index (χ0n) is 53.6. The molecule has 10 rings (SSSR count). The van der Waals surface area contributed by atoms with Crippen LogP contribution >= 0.6 is 58.3 Å². The molecule has 4 aromatic heterocycles. The van der Waals surface area contributed by atoms with Gasteiger partial charge >= 0.3 is 6.09 Å². The van der Waals surface area contributed by atoms with E-state index in [2.05, 4.69) is 78.7 Å². The van der Waals surface area contributed by atoms with Gasteiger partial charge in [-0.1, -0.05) is 79.1 Å². The molecule has 0 bridgehead atoms. The lowest BCUT2D eigenvalue weighted by Gasteiger charge is -2.44. The van der Waals surface area contributed by atoms with Crippen LogP contribution in [0.25, 0.3) is 0 Å². The van der Waals surface area contributed by atoms with Gasteiger partial charge in [0.25, 0.3) is 0 Å². The maximum Gasteiger partial charge on any atom is 0.410 e. The molecule has 0 radical (unpaired) electrons. The molecule has 22 nitrogen and oxygen atoms in total. The van der Waals surface area contributed by atoms with E-state index < -0.39 is 24.9 Å². The summed E-state index contributed by atoms with van der Waals surface area (Å²) in [5, 5.41) is 25.1. The number of hydrogen-bond donors (Lipinski definition) is 10. The fraction of sp³-hybridized carbons (Fsp3) is 0.683. The largest absolute Gasteiger partial charge is 0.444 e. The van der Waals surface area contributed by atoms with E-state index in [-0.39, 0.29) is 91.2 Å². The number of aliphatic hydroxyl groups excluding tert-OH is 2. The highest BCUT2D eigenvalue weighted by Gasteiger charge is 2.53. The molecule has 3 aliphatic heterocycles. The SMILES string of the molecule is CC(C)(C)OC(=O)N1CCC2(CC1)C[C@@H](O[Si](C)(C)C(C)(C)C)C[C@H]2N[S@](=O)C(C)(C)C.N[C@@H]1C[C@H](O)CC12CCNCC2.Nc1nc(Cl)cnc1Sc1ccnc(N)c1Cl.Nc1nc(N2CCC3(CC2)C[C@@H](O)C[C@H]3N)cnc1Sc1ccnc(N)c1Cl. The second-order valence-electron chi connectivity index (χ2n) is 28.2. The number of anilines is 5. The number of carbonyl (C=O) groups excluding carboxylic acids is 1. The lowest BCUT2D eigenvalue weighted by Crippen LogP contribution is -2.52. The number of carbonyl (C=O) groups is 1. The van der Waals surface area contributed by atoms with Crippen molar-refractivity contribution in [2.24, 2.45) is 27.7 Å². The summed E-state index contributed by atoms with van der Waals surface area (Å²) in [5.41, 5.74) is 35.4. The Balaban J connectivity index is 0.000000179. The van der Waals surface area contributed by atoms with Crippen LogP contribution in [-0.2, 0) is 20.1 Å². The van der Waals surface area contributed by atoms with E-state index in [4.69, 9.17) is 78.4 Å². The van der Waals surface area contributed by atoms with Gasteiger partial charge in [0.15, 0.2) is 20.0 Å². The molecule has 0 aromatic carbocycles. The second-order valence-corrected chi connectivity index (χ2v) is 38.2. The average Bonchev–Trinajstić information content (AvgIpc) is 1.75. The predicted molar refractivity (Wildman–Crippen MR) is 364 cm³/mol.